The van der Waals surface area contributed by atoms with Crippen molar-refractivity contribution in [3.05, 3.63) is 23.9 Å². The van der Waals surface area contributed by atoms with Crippen molar-refractivity contribution in [2.45, 2.75) is 27.3 Å². The van der Waals surface area contributed by atoms with Gasteiger partial charge >= 0.3 is 13.6 Å². The number of carboxylic acids is 1. The molecule has 0 bridgehead atoms. The summed E-state index contributed by atoms with van der Waals surface area (Å²) >= 11 is 0. The Morgan fingerprint density at radius 3 is 2.38 bits per heavy atom. The molecule has 0 atom stereocenters. The van der Waals surface area contributed by atoms with Crippen molar-refractivity contribution in [3.8, 4) is 0 Å². The number of carbonyl (C=O) groups is 2. The van der Waals surface area contributed by atoms with Crippen molar-refractivity contribution in [1.29, 1.82) is 0 Å². The van der Waals surface area contributed by atoms with E-state index < -0.39 is 20.1 Å². The van der Waals surface area contributed by atoms with Gasteiger partial charge in [0.25, 0.3) is 0 Å². The van der Waals surface area contributed by atoms with E-state index in [2.05, 4.69) is 5.10 Å². The van der Waals surface area contributed by atoms with Gasteiger partial charge in [-0.2, -0.15) is 5.10 Å². The van der Waals surface area contributed by atoms with Crippen LogP contribution in [0.25, 0.3) is 10.9 Å². The molecule has 0 spiro atoms. The molecule has 24 heavy (non-hydrogen) atoms. The van der Waals surface area contributed by atoms with Crippen molar-refractivity contribution in [2.75, 3.05) is 13.2 Å². The van der Waals surface area contributed by atoms with E-state index in [-0.39, 0.29) is 24.7 Å². The number of carbonyl (C=O) groups excluding carboxylic acids is 1. The first-order chi connectivity index (χ1) is 11.3. The number of Topliss-reactive ketones (excluding diaryl/α,β-unsaturated/α-hetero) is 1. The summed E-state index contributed by atoms with van der Waals surface area (Å²) in [7, 11) is -3.52. The van der Waals surface area contributed by atoms with Gasteiger partial charge in [0.2, 0.25) is 0 Å². The second-order valence-corrected chi connectivity index (χ2v) is 7.02. The molecule has 1 aromatic heterocycles. The molecule has 130 valence electrons. The normalized spacial score (nSPS) is 11.8. The van der Waals surface area contributed by atoms with E-state index in [9.17, 15) is 14.2 Å². The summed E-state index contributed by atoms with van der Waals surface area (Å²) in [6, 6.07) is 4.63. The molecule has 0 fully saturated rings. The quantitative estimate of drug-likeness (QED) is 0.572. The van der Waals surface area contributed by atoms with Crippen LogP contribution in [0.15, 0.2) is 18.2 Å². The minimum Gasteiger partial charge on any atom is -0.480 e. The molecule has 0 saturated carbocycles. The highest BCUT2D eigenvalue weighted by molar-refractivity contribution is 7.62. The SMILES string of the molecule is CCOP(=O)(OCC)c1ccc2c(C(C)=O)nn(CC(=O)O)c2c1. The lowest BCUT2D eigenvalue weighted by molar-refractivity contribution is -0.137. The van der Waals surface area contributed by atoms with Gasteiger partial charge in [-0.05, 0) is 32.0 Å². The average molecular weight is 354 g/mol. The lowest BCUT2D eigenvalue weighted by atomic mass is 10.2. The minimum atomic E-state index is -3.52. The van der Waals surface area contributed by atoms with Crippen molar-refractivity contribution >= 4 is 35.6 Å². The molecule has 0 saturated heterocycles. The molecule has 0 amide bonds. The summed E-state index contributed by atoms with van der Waals surface area (Å²) in [5.41, 5.74) is 0.556. The van der Waals surface area contributed by atoms with Crippen LogP contribution in [0.5, 0.6) is 0 Å². The Balaban J connectivity index is 2.65. The first kappa shape index (κ1) is 18.3. The average Bonchev–Trinajstić information content (AvgIpc) is 2.85. The third-order valence-corrected chi connectivity index (χ3v) is 5.37. The fourth-order valence-corrected chi connectivity index (χ4v) is 3.96. The summed E-state index contributed by atoms with van der Waals surface area (Å²) in [4.78, 5) is 22.7. The first-order valence-electron chi connectivity index (χ1n) is 7.45. The minimum absolute atomic E-state index is 0.167. The van der Waals surface area contributed by atoms with E-state index in [1.54, 1.807) is 26.0 Å². The third-order valence-electron chi connectivity index (χ3n) is 3.27. The van der Waals surface area contributed by atoms with E-state index >= 15 is 0 Å². The Hall–Kier alpha value is -2.02. The maximum atomic E-state index is 12.9. The fourth-order valence-electron chi connectivity index (χ4n) is 2.37. The van der Waals surface area contributed by atoms with Gasteiger partial charge in [0, 0.05) is 12.3 Å². The second kappa shape index (κ2) is 7.25. The van der Waals surface area contributed by atoms with Crippen molar-refractivity contribution < 1.29 is 28.3 Å². The lowest BCUT2D eigenvalue weighted by Crippen LogP contribution is -2.13. The number of benzene rings is 1. The number of ketones is 1. The molecule has 0 radical (unpaired) electrons. The molecule has 8 nitrogen and oxygen atoms in total. The van der Waals surface area contributed by atoms with Gasteiger partial charge in [-0.1, -0.05) is 0 Å². The number of nitrogens with zero attached hydrogens (tertiary/aromatic N) is 2. The molecule has 1 N–H and O–H groups in total. The molecule has 2 rings (SSSR count). The molecular weight excluding hydrogens is 335 g/mol. The second-order valence-electron chi connectivity index (χ2n) is 4.99. The number of fused-ring (bicyclic) bond motifs is 1. The molecule has 9 heteroatoms. The van der Waals surface area contributed by atoms with Crippen molar-refractivity contribution in [2.24, 2.45) is 0 Å². The van der Waals surface area contributed by atoms with Gasteiger partial charge < -0.3 is 14.2 Å². The lowest BCUT2D eigenvalue weighted by Gasteiger charge is -2.17. The van der Waals surface area contributed by atoms with E-state index in [4.69, 9.17) is 14.2 Å². The molecule has 1 aromatic carbocycles. The zero-order chi connectivity index (χ0) is 17.9. The number of carboxylic acid groups (broad SMARTS) is 1. The van der Waals surface area contributed by atoms with Crippen LogP contribution in [-0.4, -0.2) is 39.9 Å². The summed E-state index contributed by atoms with van der Waals surface area (Å²) in [6.07, 6.45) is 0. The topological polar surface area (TPSA) is 108 Å². The Bertz CT molecular complexity index is 819. The van der Waals surface area contributed by atoms with E-state index in [0.29, 0.717) is 16.2 Å². The van der Waals surface area contributed by atoms with Gasteiger partial charge in [-0.3, -0.25) is 18.8 Å². The third kappa shape index (κ3) is 3.56. The van der Waals surface area contributed by atoms with E-state index in [1.807, 2.05) is 0 Å². The van der Waals surface area contributed by atoms with Gasteiger partial charge in [0.05, 0.1) is 24.0 Å². The van der Waals surface area contributed by atoms with E-state index in [0.717, 1.165) is 0 Å². The zero-order valence-corrected chi connectivity index (χ0v) is 14.6. The smallest absolute Gasteiger partial charge is 0.361 e. The largest absolute Gasteiger partial charge is 0.480 e. The van der Waals surface area contributed by atoms with E-state index in [1.165, 1.54) is 17.7 Å². The summed E-state index contributed by atoms with van der Waals surface area (Å²) in [5.74, 6) is -1.38. The Kier molecular flexibility index (Phi) is 5.54. The molecular formula is C15H19N2O6P. The predicted octanol–water partition coefficient (Wildman–Crippen LogP) is 2.21. The zero-order valence-electron chi connectivity index (χ0n) is 13.7. The van der Waals surface area contributed by atoms with Crippen LogP contribution in [0, 0.1) is 0 Å². The van der Waals surface area contributed by atoms with Crippen LogP contribution in [-0.2, 0) is 25.0 Å². The molecule has 0 aliphatic rings. The number of aliphatic carboxylic acids is 1. The van der Waals surface area contributed by atoms with Crippen LogP contribution in [0.4, 0.5) is 0 Å². The fraction of sp³-hybridized carbons (Fsp3) is 0.400. The van der Waals surface area contributed by atoms with Gasteiger partial charge in [0.15, 0.2) is 5.78 Å². The van der Waals surface area contributed by atoms with Gasteiger partial charge in [0.1, 0.15) is 12.2 Å². The summed E-state index contributed by atoms with van der Waals surface area (Å²) in [5, 5.41) is 13.9. The molecule has 0 unspecified atom stereocenters. The van der Waals surface area contributed by atoms with Gasteiger partial charge in [-0.15, -0.1) is 0 Å². The van der Waals surface area contributed by atoms with Gasteiger partial charge in [-0.25, -0.2) is 0 Å². The first-order valence-corrected chi connectivity index (χ1v) is 8.99. The standard InChI is InChI=1S/C15H19N2O6P/c1-4-22-24(21,23-5-2)11-6-7-12-13(8-11)17(9-14(19)20)16-15(12)10(3)18/h6-8H,4-5,9H2,1-3H3,(H,19,20). The maximum absolute atomic E-state index is 12.9. The Morgan fingerprint density at radius 1 is 1.25 bits per heavy atom. The number of rotatable bonds is 8. The summed E-state index contributed by atoms with van der Waals surface area (Å²) < 4.78 is 24.7. The monoisotopic (exact) mass is 354 g/mol. The van der Waals surface area contributed by atoms with Crippen LogP contribution < -0.4 is 5.30 Å². The highest BCUT2D eigenvalue weighted by atomic mass is 31.2. The summed E-state index contributed by atoms with van der Waals surface area (Å²) in [6.45, 7) is 4.73. The Labute approximate surface area is 138 Å². The molecule has 0 aliphatic heterocycles. The van der Waals surface area contributed by atoms with Crippen LogP contribution in [0.3, 0.4) is 0 Å². The number of aromatic nitrogens is 2. The highest BCUT2D eigenvalue weighted by Crippen LogP contribution is 2.47. The highest BCUT2D eigenvalue weighted by Gasteiger charge is 2.28. The molecule has 0 aliphatic carbocycles. The predicted molar refractivity (Wildman–Crippen MR) is 87.9 cm³/mol. The van der Waals surface area contributed by atoms with Crippen LogP contribution in [0.2, 0.25) is 0 Å². The number of hydrogen-bond acceptors (Lipinski definition) is 6. The maximum Gasteiger partial charge on any atom is 0.361 e. The molecule has 2 aromatic rings. The number of hydrogen-bond donors (Lipinski definition) is 1. The van der Waals surface area contributed by atoms with Crippen molar-refractivity contribution in [3.63, 3.8) is 0 Å². The Morgan fingerprint density at radius 2 is 1.88 bits per heavy atom. The van der Waals surface area contributed by atoms with Crippen LogP contribution in [0.1, 0.15) is 31.3 Å². The van der Waals surface area contributed by atoms with Crippen LogP contribution >= 0.6 is 7.60 Å². The van der Waals surface area contributed by atoms with Crippen molar-refractivity contribution in [1.82, 2.24) is 9.78 Å². The molecule has 1 heterocycles.